The first-order valence-electron chi connectivity index (χ1n) is 10.9. The smallest absolute Gasteiger partial charge is 0.124 e. The normalized spacial score (nSPS) is 16.9. The number of nitrogens with zero attached hydrogens (tertiary/aromatic N) is 1. The van der Waals surface area contributed by atoms with E-state index in [2.05, 4.69) is 106 Å². The second-order valence-electron chi connectivity index (χ2n) is 8.84. The first kappa shape index (κ1) is 25.0. The molecule has 2 unspecified atom stereocenters. The zero-order chi connectivity index (χ0) is 23.7. The molecular weight excluding hydrogens is 481 g/mol. The minimum Gasteiger partial charge on any atom is -0.496 e. The van der Waals surface area contributed by atoms with Crippen molar-refractivity contribution in [3.8, 4) is 11.5 Å². The van der Waals surface area contributed by atoms with E-state index in [4.69, 9.17) is 9.47 Å². The topological polar surface area (TPSA) is 21.7 Å². The molecule has 3 nitrogen and oxygen atoms in total. The Kier molecular flexibility index (Phi) is 7.91. The molecule has 3 rings (SSSR count). The molecule has 0 fully saturated rings. The maximum atomic E-state index is 5.66. The lowest BCUT2D eigenvalue weighted by Gasteiger charge is -2.28. The molecule has 0 heterocycles. The van der Waals surface area contributed by atoms with E-state index >= 15 is 0 Å². The van der Waals surface area contributed by atoms with Crippen LogP contribution in [0.2, 0.25) is 0 Å². The van der Waals surface area contributed by atoms with Crippen LogP contribution >= 0.6 is 23.9 Å². The van der Waals surface area contributed by atoms with Crippen LogP contribution in [0.5, 0.6) is 11.5 Å². The van der Waals surface area contributed by atoms with E-state index in [-0.39, 0.29) is 0 Å². The number of likely N-dealkylation sites (N-methyl/N-ethyl adjacent to an activating group) is 1. The Bertz CT molecular complexity index is 968. The predicted octanol–water partition coefficient (Wildman–Crippen LogP) is 5.91. The van der Waals surface area contributed by atoms with E-state index in [1.165, 1.54) is 42.9 Å². The maximum Gasteiger partial charge on any atom is 0.124 e. The SMILES string of the molecule is COc1c(C)cc(P(c2cc(C)c(OC)c(C)c2)C2C=CC(C(C)N(C)C)=C2Br)cc1C. The summed E-state index contributed by atoms with van der Waals surface area (Å²) in [6.45, 7) is 10.8. The molecule has 32 heavy (non-hydrogen) atoms. The summed E-state index contributed by atoms with van der Waals surface area (Å²) >= 11 is 4.02. The van der Waals surface area contributed by atoms with E-state index in [9.17, 15) is 0 Å². The van der Waals surface area contributed by atoms with Gasteiger partial charge in [0.25, 0.3) is 0 Å². The van der Waals surface area contributed by atoms with Gasteiger partial charge in [0.05, 0.1) is 14.2 Å². The number of halogens is 1. The molecular formula is C27H35BrNO2P. The molecule has 0 bridgehead atoms. The third-order valence-corrected chi connectivity index (χ3v) is 10.3. The summed E-state index contributed by atoms with van der Waals surface area (Å²) in [5.74, 6) is 1.95. The van der Waals surface area contributed by atoms with Crippen molar-refractivity contribution < 1.29 is 9.47 Å². The molecule has 0 amide bonds. The lowest BCUT2D eigenvalue weighted by Crippen LogP contribution is -2.27. The number of rotatable bonds is 7. The van der Waals surface area contributed by atoms with Crippen LogP contribution in [0.3, 0.4) is 0 Å². The fourth-order valence-electron chi connectivity index (χ4n) is 4.59. The molecule has 1 aliphatic rings. The van der Waals surface area contributed by atoms with Crippen molar-refractivity contribution in [1.82, 2.24) is 4.90 Å². The summed E-state index contributed by atoms with van der Waals surface area (Å²) < 4.78 is 12.6. The molecule has 0 aromatic heterocycles. The molecule has 2 aromatic rings. The zero-order valence-corrected chi connectivity index (χ0v) is 23.2. The molecule has 0 saturated heterocycles. The Balaban J connectivity index is 2.22. The Morgan fingerprint density at radius 3 is 1.59 bits per heavy atom. The number of hydrogen-bond acceptors (Lipinski definition) is 3. The molecule has 5 heteroatoms. The van der Waals surface area contributed by atoms with Crippen molar-refractivity contribution in [2.24, 2.45) is 0 Å². The standard InChI is InChI=1S/C27H35BrNO2P/c1-16-12-21(13-17(2)26(16)30-8)32(22-14-18(3)27(31-9)19(4)15-22)24-11-10-23(25(24)28)20(5)29(6)7/h10-15,20,24H,1-9H3. The summed E-state index contributed by atoms with van der Waals surface area (Å²) in [5, 5.41) is 2.73. The average Bonchev–Trinajstić information content (AvgIpc) is 3.08. The highest BCUT2D eigenvalue weighted by Crippen LogP contribution is 2.50. The van der Waals surface area contributed by atoms with E-state index in [1.807, 2.05) is 0 Å². The highest BCUT2D eigenvalue weighted by molar-refractivity contribution is 9.11. The first-order chi connectivity index (χ1) is 15.1. The summed E-state index contributed by atoms with van der Waals surface area (Å²) in [7, 11) is 7.09. The largest absolute Gasteiger partial charge is 0.496 e. The number of aryl methyl sites for hydroxylation is 4. The van der Waals surface area contributed by atoms with Gasteiger partial charge in [-0.2, -0.15) is 0 Å². The summed E-state index contributed by atoms with van der Waals surface area (Å²) in [4.78, 5) is 2.26. The lowest BCUT2D eigenvalue weighted by atomic mass is 10.1. The predicted molar refractivity (Wildman–Crippen MR) is 143 cm³/mol. The fourth-order valence-corrected chi connectivity index (χ4v) is 8.73. The monoisotopic (exact) mass is 515 g/mol. The number of hydrogen-bond donors (Lipinski definition) is 0. The van der Waals surface area contributed by atoms with Crippen molar-refractivity contribution >= 4 is 34.5 Å². The van der Waals surface area contributed by atoms with Gasteiger partial charge in [-0.05, 0) is 119 Å². The van der Waals surface area contributed by atoms with Crippen LogP contribution in [-0.2, 0) is 0 Å². The van der Waals surface area contributed by atoms with E-state index in [0.29, 0.717) is 11.7 Å². The third kappa shape index (κ3) is 4.69. The van der Waals surface area contributed by atoms with Crippen LogP contribution in [0.1, 0.15) is 29.2 Å². The summed E-state index contributed by atoms with van der Waals surface area (Å²) in [5.41, 5.74) is 6.38. The molecule has 1 aliphatic carbocycles. The van der Waals surface area contributed by atoms with Gasteiger partial charge in [-0.1, -0.05) is 28.1 Å². The quantitative estimate of drug-likeness (QED) is 0.428. The van der Waals surface area contributed by atoms with Crippen molar-refractivity contribution in [2.45, 2.75) is 46.3 Å². The second-order valence-corrected chi connectivity index (χ2v) is 12.0. The van der Waals surface area contributed by atoms with Gasteiger partial charge in [0.15, 0.2) is 0 Å². The summed E-state index contributed by atoms with van der Waals surface area (Å²) in [6, 6.07) is 9.60. The van der Waals surface area contributed by atoms with Gasteiger partial charge in [0.2, 0.25) is 0 Å². The molecule has 172 valence electrons. The Labute approximate surface area is 203 Å². The van der Waals surface area contributed by atoms with Gasteiger partial charge in [0.1, 0.15) is 11.5 Å². The van der Waals surface area contributed by atoms with E-state index < -0.39 is 7.92 Å². The van der Waals surface area contributed by atoms with Crippen molar-refractivity contribution in [2.75, 3.05) is 28.3 Å². The third-order valence-electron chi connectivity index (χ3n) is 6.35. The molecule has 2 aromatic carbocycles. The zero-order valence-electron chi connectivity index (χ0n) is 20.7. The van der Waals surface area contributed by atoms with Crippen LogP contribution in [0, 0.1) is 27.7 Å². The van der Waals surface area contributed by atoms with Crippen molar-refractivity contribution in [1.29, 1.82) is 0 Å². The van der Waals surface area contributed by atoms with Gasteiger partial charge in [-0.15, -0.1) is 0 Å². The Morgan fingerprint density at radius 1 is 0.844 bits per heavy atom. The molecule has 0 spiro atoms. The Hall–Kier alpha value is -1.61. The summed E-state index contributed by atoms with van der Waals surface area (Å²) in [6.07, 6.45) is 4.69. The number of benzene rings is 2. The van der Waals surface area contributed by atoms with Crippen LogP contribution in [0.25, 0.3) is 0 Å². The molecule has 0 saturated carbocycles. The van der Waals surface area contributed by atoms with Crippen molar-refractivity contribution in [3.05, 3.63) is 68.7 Å². The van der Waals surface area contributed by atoms with Gasteiger partial charge in [-0.25, -0.2) is 0 Å². The lowest BCUT2D eigenvalue weighted by molar-refractivity contribution is 0.355. The highest BCUT2D eigenvalue weighted by atomic mass is 79.9. The van der Waals surface area contributed by atoms with Gasteiger partial charge < -0.3 is 14.4 Å². The number of ether oxygens (including phenoxy) is 2. The average molecular weight is 516 g/mol. The van der Waals surface area contributed by atoms with Gasteiger partial charge in [-0.3, -0.25) is 0 Å². The molecule has 0 aliphatic heterocycles. The van der Waals surface area contributed by atoms with Crippen LogP contribution in [0.15, 0.2) is 46.5 Å². The van der Waals surface area contributed by atoms with Crippen LogP contribution < -0.4 is 20.1 Å². The second kappa shape index (κ2) is 10.1. The Morgan fingerprint density at radius 2 is 1.25 bits per heavy atom. The number of allylic oxidation sites excluding steroid dienone is 2. The first-order valence-corrected chi connectivity index (χ1v) is 13.1. The minimum absolute atomic E-state index is 0.293. The maximum absolute atomic E-state index is 5.66. The molecule has 2 atom stereocenters. The van der Waals surface area contributed by atoms with E-state index in [0.717, 1.165) is 11.5 Å². The fraction of sp³-hybridized carbons (Fsp3) is 0.407. The van der Waals surface area contributed by atoms with Crippen LogP contribution in [0.4, 0.5) is 0 Å². The van der Waals surface area contributed by atoms with Crippen molar-refractivity contribution in [3.63, 3.8) is 0 Å². The van der Waals surface area contributed by atoms with Gasteiger partial charge >= 0.3 is 0 Å². The molecule has 0 N–H and O–H groups in total. The number of methoxy groups -OCH3 is 2. The van der Waals surface area contributed by atoms with E-state index in [1.54, 1.807) is 14.2 Å². The van der Waals surface area contributed by atoms with Gasteiger partial charge in [0, 0.05) is 16.2 Å². The molecule has 0 radical (unpaired) electrons. The minimum atomic E-state index is -0.683. The van der Waals surface area contributed by atoms with Crippen LogP contribution in [-0.4, -0.2) is 44.9 Å². The highest BCUT2D eigenvalue weighted by Gasteiger charge is 2.32.